The van der Waals surface area contributed by atoms with Gasteiger partial charge in [-0.25, -0.2) is 8.42 Å². The second-order valence-corrected chi connectivity index (χ2v) is 10.7. The van der Waals surface area contributed by atoms with Crippen molar-refractivity contribution in [1.82, 2.24) is 4.90 Å². The second kappa shape index (κ2) is 8.11. The first kappa shape index (κ1) is 20.4. The highest BCUT2D eigenvalue weighted by Gasteiger charge is 2.47. The Morgan fingerprint density at radius 1 is 1.00 bits per heavy atom. The molecule has 0 radical (unpaired) electrons. The molecule has 1 saturated carbocycles. The number of halogens is 1. The standard InChI is InChI=1S/C23H26ClNO3S/c24-19-12-10-18(11-13-19)23(14-4-5-15-23)22(26)25-16-6-7-20(25)17-29(27,28)21-8-2-1-3-9-21/h1-3,8-13,20H,4-7,14-17H2/t20-/m1/s1. The van der Waals surface area contributed by atoms with E-state index in [9.17, 15) is 13.2 Å². The number of sulfone groups is 1. The monoisotopic (exact) mass is 431 g/mol. The Kier molecular flexibility index (Phi) is 5.71. The molecule has 1 saturated heterocycles. The van der Waals surface area contributed by atoms with Gasteiger partial charge in [-0.2, -0.15) is 0 Å². The first-order valence-corrected chi connectivity index (χ1v) is 12.3. The molecule has 1 atom stereocenters. The van der Waals surface area contributed by atoms with Gasteiger partial charge in [-0.05, 0) is 55.5 Å². The summed E-state index contributed by atoms with van der Waals surface area (Å²) < 4.78 is 25.8. The van der Waals surface area contributed by atoms with Gasteiger partial charge in [-0.1, -0.05) is 54.8 Å². The number of nitrogens with zero attached hydrogens (tertiary/aromatic N) is 1. The molecular formula is C23H26ClNO3S. The van der Waals surface area contributed by atoms with E-state index in [0.717, 1.165) is 44.1 Å². The fourth-order valence-corrected chi connectivity index (χ4v) is 6.65. The zero-order valence-corrected chi connectivity index (χ0v) is 18.0. The Morgan fingerprint density at radius 2 is 1.66 bits per heavy atom. The number of hydrogen-bond acceptors (Lipinski definition) is 3. The van der Waals surface area contributed by atoms with E-state index in [1.54, 1.807) is 30.3 Å². The van der Waals surface area contributed by atoms with Crippen molar-refractivity contribution in [1.29, 1.82) is 0 Å². The van der Waals surface area contributed by atoms with E-state index in [0.29, 0.717) is 16.5 Å². The maximum atomic E-state index is 13.8. The molecule has 0 bridgehead atoms. The third-order valence-electron chi connectivity index (χ3n) is 6.42. The Morgan fingerprint density at radius 3 is 2.31 bits per heavy atom. The number of carbonyl (C=O) groups is 1. The Labute approximate surface area is 177 Å². The minimum Gasteiger partial charge on any atom is -0.338 e. The number of hydrogen-bond donors (Lipinski definition) is 0. The molecule has 2 aromatic rings. The van der Waals surface area contributed by atoms with E-state index in [1.807, 2.05) is 29.2 Å². The van der Waals surface area contributed by atoms with Crippen LogP contribution in [0.5, 0.6) is 0 Å². The first-order chi connectivity index (χ1) is 13.9. The summed E-state index contributed by atoms with van der Waals surface area (Å²) in [7, 11) is -3.44. The summed E-state index contributed by atoms with van der Waals surface area (Å²) in [4.78, 5) is 16.0. The van der Waals surface area contributed by atoms with E-state index in [-0.39, 0.29) is 17.7 Å². The lowest BCUT2D eigenvalue weighted by molar-refractivity contribution is -0.137. The van der Waals surface area contributed by atoms with Crippen molar-refractivity contribution < 1.29 is 13.2 Å². The quantitative estimate of drug-likeness (QED) is 0.694. The van der Waals surface area contributed by atoms with Gasteiger partial charge in [0.1, 0.15) is 0 Å². The summed E-state index contributed by atoms with van der Waals surface area (Å²) in [6.07, 6.45) is 5.21. The number of rotatable bonds is 5. The molecule has 0 unspecified atom stereocenters. The first-order valence-electron chi connectivity index (χ1n) is 10.3. The summed E-state index contributed by atoms with van der Waals surface area (Å²) in [6, 6.07) is 15.9. The molecule has 4 rings (SSSR count). The Bertz CT molecular complexity index is 967. The predicted molar refractivity (Wildman–Crippen MR) is 115 cm³/mol. The van der Waals surface area contributed by atoms with Crippen LogP contribution in [0.2, 0.25) is 5.02 Å². The number of amides is 1. The van der Waals surface area contributed by atoms with Crippen LogP contribution in [0.3, 0.4) is 0 Å². The van der Waals surface area contributed by atoms with Crippen LogP contribution in [-0.2, 0) is 20.0 Å². The van der Waals surface area contributed by atoms with E-state index in [1.165, 1.54) is 0 Å². The molecule has 2 fully saturated rings. The molecule has 2 aliphatic rings. The summed E-state index contributed by atoms with van der Waals surface area (Å²) in [5.41, 5.74) is 0.449. The molecule has 4 nitrogen and oxygen atoms in total. The summed E-state index contributed by atoms with van der Waals surface area (Å²) in [5, 5.41) is 0.655. The minimum atomic E-state index is -3.44. The second-order valence-electron chi connectivity index (χ2n) is 8.19. The molecule has 1 heterocycles. The zero-order chi connectivity index (χ0) is 20.5. The van der Waals surface area contributed by atoms with Crippen LogP contribution in [0.25, 0.3) is 0 Å². The highest BCUT2D eigenvalue weighted by atomic mass is 35.5. The van der Waals surface area contributed by atoms with E-state index in [2.05, 4.69) is 0 Å². The lowest BCUT2D eigenvalue weighted by atomic mass is 9.77. The Balaban J connectivity index is 1.60. The van der Waals surface area contributed by atoms with Crippen molar-refractivity contribution in [2.45, 2.75) is 54.9 Å². The van der Waals surface area contributed by atoms with Crippen molar-refractivity contribution in [3.05, 3.63) is 65.2 Å². The van der Waals surface area contributed by atoms with Gasteiger partial charge in [0.25, 0.3) is 0 Å². The topological polar surface area (TPSA) is 54.5 Å². The highest BCUT2D eigenvalue weighted by molar-refractivity contribution is 7.91. The smallest absolute Gasteiger partial charge is 0.233 e. The molecule has 29 heavy (non-hydrogen) atoms. The van der Waals surface area contributed by atoms with E-state index in [4.69, 9.17) is 11.6 Å². The fraction of sp³-hybridized carbons (Fsp3) is 0.435. The third-order valence-corrected chi connectivity index (χ3v) is 8.48. The number of benzene rings is 2. The lowest BCUT2D eigenvalue weighted by Gasteiger charge is -2.36. The molecule has 154 valence electrons. The largest absolute Gasteiger partial charge is 0.338 e. The molecule has 0 aromatic heterocycles. The molecule has 6 heteroatoms. The SMILES string of the molecule is O=C(N1CCC[C@@H]1CS(=O)(=O)c1ccccc1)C1(c2ccc(Cl)cc2)CCCC1. The molecule has 0 N–H and O–H groups in total. The van der Waals surface area contributed by atoms with E-state index >= 15 is 0 Å². The maximum Gasteiger partial charge on any atom is 0.233 e. The zero-order valence-electron chi connectivity index (χ0n) is 16.4. The van der Waals surface area contributed by atoms with Gasteiger partial charge in [0.15, 0.2) is 9.84 Å². The average molecular weight is 432 g/mol. The average Bonchev–Trinajstić information content (AvgIpc) is 3.39. The summed E-state index contributed by atoms with van der Waals surface area (Å²) in [5.74, 6) is 0.0718. The molecule has 2 aromatic carbocycles. The van der Waals surface area contributed by atoms with Crippen LogP contribution >= 0.6 is 11.6 Å². The molecule has 1 amide bonds. The van der Waals surface area contributed by atoms with Crippen LogP contribution in [0.4, 0.5) is 0 Å². The van der Waals surface area contributed by atoms with Crippen molar-refractivity contribution in [2.24, 2.45) is 0 Å². The third kappa shape index (κ3) is 3.95. The van der Waals surface area contributed by atoms with Crippen molar-refractivity contribution >= 4 is 27.3 Å². The predicted octanol–water partition coefficient (Wildman–Crippen LogP) is 4.62. The summed E-state index contributed by atoms with van der Waals surface area (Å²) in [6.45, 7) is 0.628. The van der Waals surface area contributed by atoms with Gasteiger partial charge in [0.05, 0.1) is 16.1 Å². The highest BCUT2D eigenvalue weighted by Crippen LogP contribution is 2.44. The maximum absolute atomic E-state index is 13.8. The summed E-state index contributed by atoms with van der Waals surface area (Å²) >= 11 is 6.06. The van der Waals surface area contributed by atoms with Crippen LogP contribution in [0.1, 0.15) is 44.1 Å². The van der Waals surface area contributed by atoms with Crippen LogP contribution < -0.4 is 0 Å². The number of carbonyl (C=O) groups excluding carboxylic acids is 1. The molecule has 1 aliphatic carbocycles. The fourth-order valence-electron chi connectivity index (χ4n) is 4.90. The van der Waals surface area contributed by atoms with Crippen LogP contribution in [0.15, 0.2) is 59.5 Å². The Hall–Kier alpha value is -1.85. The van der Waals surface area contributed by atoms with E-state index < -0.39 is 15.3 Å². The molecule has 0 spiro atoms. The molecular weight excluding hydrogens is 406 g/mol. The van der Waals surface area contributed by atoms with Gasteiger partial charge in [-0.3, -0.25) is 4.79 Å². The van der Waals surface area contributed by atoms with Gasteiger partial charge in [0, 0.05) is 17.6 Å². The minimum absolute atomic E-state index is 0.0144. The van der Waals surface area contributed by atoms with Crippen molar-refractivity contribution in [2.75, 3.05) is 12.3 Å². The lowest BCUT2D eigenvalue weighted by Crippen LogP contribution is -2.49. The van der Waals surface area contributed by atoms with Crippen LogP contribution in [-0.4, -0.2) is 37.6 Å². The van der Waals surface area contributed by atoms with Gasteiger partial charge in [-0.15, -0.1) is 0 Å². The van der Waals surface area contributed by atoms with Crippen molar-refractivity contribution in [3.63, 3.8) is 0 Å². The van der Waals surface area contributed by atoms with Gasteiger partial charge in [0.2, 0.25) is 5.91 Å². The van der Waals surface area contributed by atoms with Crippen LogP contribution in [0, 0.1) is 0 Å². The number of likely N-dealkylation sites (tertiary alicyclic amines) is 1. The van der Waals surface area contributed by atoms with Crippen molar-refractivity contribution in [3.8, 4) is 0 Å². The molecule has 1 aliphatic heterocycles. The van der Waals surface area contributed by atoms with Gasteiger partial charge >= 0.3 is 0 Å². The van der Waals surface area contributed by atoms with Gasteiger partial charge < -0.3 is 4.90 Å². The normalized spacial score (nSPS) is 21.4.